The van der Waals surface area contributed by atoms with Crippen LogP contribution in [0.25, 0.3) is 0 Å². The van der Waals surface area contributed by atoms with Gasteiger partial charge in [0, 0.05) is 19.0 Å². The molecule has 0 fully saturated rings. The maximum atomic E-state index is 12.3. The van der Waals surface area contributed by atoms with Crippen LogP contribution >= 0.6 is 12.2 Å². The number of carbonyl (C=O) groups is 1. The molecular weight excluding hydrogens is 336 g/mol. The maximum absolute atomic E-state index is 12.3. The predicted octanol–water partition coefficient (Wildman–Crippen LogP) is 2.88. The Labute approximate surface area is 152 Å². The maximum Gasteiger partial charge on any atom is 0.223 e. The van der Waals surface area contributed by atoms with E-state index in [1.807, 2.05) is 22.8 Å². The minimum atomic E-state index is -0.160. The summed E-state index contributed by atoms with van der Waals surface area (Å²) in [5.74, 6) is 1.17. The number of carbonyl (C=O) groups excluding carboxylic acids is 1. The molecule has 1 aromatic heterocycles. The van der Waals surface area contributed by atoms with Gasteiger partial charge in [0.15, 0.2) is 4.77 Å². The molecule has 0 spiro atoms. The molecule has 7 heteroatoms. The van der Waals surface area contributed by atoms with Gasteiger partial charge in [0.05, 0.1) is 19.1 Å². The summed E-state index contributed by atoms with van der Waals surface area (Å²) in [6.07, 6.45) is 1.09. The second kappa shape index (κ2) is 7.93. The third-order valence-electron chi connectivity index (χ3n) is 4.42. The summed E-state index contributed by atoms with van der Waals surface area (Å²) < 4.78 is 8.32. The van der Waals surface area contributed by atoms with Gasteiger partial charge in [0.2, 0.25) is 5.91 Å². The van der Waals surface area contributed by atoms with Crippen molar-refractivity contribution in [2.45, 2.75) is 45.3 Å². The van der Waals surface area contributed by atoms with Crippen molar-refractivity contribution >= 4 is 18.1 Å². The number of hydrogen-bond acceptors (Lipinski definition) is 4. The normalized spacial score (nSPS) is 16.7. The Morgan fingerprint density at radius 3 is 3.08 bits per heavy atom. The second-order valence-corrected chi connectivity index (χ2v) is 6.94. The molecule has 134 valence electrons. The molecule has 0 saturated heterocycles. The minimum Gasteiger partial charge on any atom is -0.373 e. The number of H-pyrrole nitrogens is 1. The van der Waals surface area contributed by atoms with Crippen molar-refractivity contribution in [1.29, 1.82) is 0 Å². The van der Waals surface area contributed by atoms with E-state index in [1.165, 1.54) is 5.56 Å². The quantitative estimate of drug-likeness (QED) is 0.777. The summed E-state index contributed by atoms with van der Waals surface area (Å²) in [5, 5.41) is 10.0. The Balaban J connectivity index is 1.55. The molecule has 1 aliphatic heterocycles. The van der Waals surface area contributed by atoms with Crippen molar-refractivity contribution in [2.75, 3.05) is 13.2 Å². The van der Waals surface area contributed by atoms with Crippen LogP contribution in [0.5, 0.6) is 0 Å². The lowest BCUT2D eigenvalue weighted by atomic mass is 9.96. The first-order chi connectivity index (χ1) is 12.1. The van der Waals surface area contributed by atoms with Crippen LogP contribution in [-0.4, -0.2) is 33.8 Å². The molecule has 1 amide bonds. The fraction of sp³-hybridized carbons (Fsp3) is 0.500. The van der Waals surface area contributed by atoms with E-state index in [4.69, 9.17) is 17.0 Å². The standard InChI is InChI=1S/C18H24N4O2S/c1-12(2)17-20-21-18(25)22(17)9-8-19-16(23)11-15-14-6-4-3-5-13(14)7-10-24-15/h3-6,12,15H,7-11H2,1-2H3,(H,19,23)(H,21,25)/t15-/m1/s1. The molecule has 25 heavy (non-hydrogen) atoms. The van der Waals surface area contributed by atoms with E-state index in [-0.39, 0.29) is 17.9 Å². The Bertz CT molecular complexity index is 796. The molecule has 1 aromatic carbocycles. The largest absolute Gasteiger partial charge is 0.373 e. The van der Waals surface area contributed by atoms with Crippen LogP contribution in [0.1, 0.15) is 49.2 Å². The highest BCUT2D eigenvalue weighted by Crippen LogP contribution is 2.29. The fourth-order valence-corrected chi connectivity index (χ4v) is 3.41. The van der Waals surface area contributed by atoms with E-state index >= 15 is 0 Å². The van der Waals surface area contributed by atoms with Gasteiger partial charge in [-0.3, -0.25) is 9.89 Å². The van der Waals surface area contributed by atoms with Crippen molar-refractivity contribution in [3.05, 3.63) is 46.0 Å². The number of aromatic nitrogens is 3. The lowest BCUT2D eigenvalue weighted by Crippen LogP contribution is -2.30. The van der Waals surface area contributed by atoms with Crippen LogP contribution in [0.3, 0.4) is 0 Å². The fourth-order valence-electron chi connectivity index (χ4n) is 3.18. The van der Waals surface area contributed by atoms with E-state index < -0.39 is 0 Å². The van der Waals surface area contributed by atoms with E-state index in [0.29, 0.717) is 30.9 Å². The second-order valence-electron chi connectivity index (χ2n) is 6.56. The van der Waals surface area contributed by atoms with Gasteiger partial charge in [-0.2, -0.15) is 5.10 Å². The molecule has 2 N–H and O–H groups in total. The summed E-state index contributed by atoms with van der Waals surface area (Å²) in [7, 11) is 0. The first kappa shape index (κ1) is 17.8. The van der Waals surface area contributed by atoms with Crippen molar-refractivity contribution in [3.63, 3.8) is 0 Å². The number of fused-ring (bicyclic) bond motifs is 1. The van der Waals surface area contributed by atoms with Gasteiger partial charge >= 0.3 is 0 Å². The lowest BCUT2D eigenvalue weighted by molar-refractivity contribution is -0.124. The van der Waals surface area contributed by atoms with Crippen molar-refractivity contribution in [1.82, 2.24) is 20.1 Å². The molecule has 0 aliphatic carbocycles. The van der Waals surface area contributed by atoms with Gasteiger partial charge in [0.1, 0.15) is 5.82 Å². The molecule has 1 atom stereocenters. The average Bonchev–Trinajstić information content (AvgIpc) is 2.96. The molecule has 6 nitrogen and oxygen atoms in total. The zero-order valence-corrected chi connectivity index (χ0v) is 15.4. The molecular formula is C18H24N4O2S. The van der Waals surface area contributed by atoms with Crippen LogP contribution < -0.4 is 5.32 Å². The van der Waals surface area contributed by atoms with Crippen LogP contribution in [0.4, 0.5) is 0 Å². The Morgan fingerprint density at radius 2 is 2.28 bits per heavy atom. The monoisotopic (exact) mass is 360 g/mol. The van der Waals surface area contributed by atoms with E-state index in [2.05, 4.69) is 35.4 Å². The highest BCUT2D eigenvalue weighted by Gasteiger charge is 2.22. The highest BCUT2D eigenvalue weighted by atomic mass is 32.1. The molecule has 3 rings (SSSR count). The van der Waals surface area contributed by atoms with Gasteiger partial charge in [0.25, 0.3) is 0 Å². The summed E-state index contributed by atoms with van der Waals surface area (Å²) >= 11 is 5.26. The number of ether oxygens (including phenoxy) is 1. The molecule has 2 heterocycles. The number of hydrogen-bond donors (Lipinski definition) is 2. The number of nitrogens with one attached hydrogen (secondary N) is 2. The summed E-state index contributed by atoms with van der Waals surface area (Å²) in [4.78, 5) is 12.3. The van der Waals surface area contributed by atoms with Crippen LogP contribution in [0, 0.1) is 4.77 Å². The molecule has 0 unspecified atom stereocenters. The topological polar surface area (TPSA) is 71.9 Å². The summed E-state index contributed by atoms with van der Waals surface area (Å²) in [6.45, 7) is 5.92. The van der Waals surface area contributed by atoms with Crippen LogP contribution in [-0.2, 0) is 22.5 Å². The molecule has 0 bridgehead atoms. The highest BCUT2D eigenvalue weighted by molar-refractivity contribution is 7.71. The SMILES string of the molecule is CC(C)c1n[nH]c(=S)n1CCNC(=O)C[C@H]1OCCc2ccccc21. The lowest BCUT2D eigenvalue weighted by Gasteiger charge is -2.25. The molecule has 1 aliphatic rings. The number of benzene rings is 1. The average molecular weight is 360 g/mol. The predicted molar refractivity (Wildman–Crippen MR) is 98.0 cm³/mol. The Morgan fingerprint density at radius 1 is 1.48 bits per heavy atom. The first-order valence-corrected chi connectivity index (χ1v) is 9.08. The Kier molecular flexibility index (Phi) is 5.65. The van der Waals surface area contributed by atoms with Gasteiger partial charge in [-0.05, 0) is 29.8 Å². The van der Waals surface area contributed by atoms with Crippen molar-refractivity contribution in [3.8, 4) is 0 Å². The van der Waals surface area contributed by atoms with Gasteiger partial charge in [-0.25, -0.2) is 0 Å². The molecule has 2 aromatic rings. The third kappa shape index (κ3) is 4.16. The third-order valence-corrected chi connectivity index (χ3v) is 4.74. The van der Waals surface area contributed by atoms with Gasteiger partial charge < -0.3 is 14.6 Å². The van der Waals surface area contributed by atoms with E-state index in [0.717, 1.165) is 17.8 Å². The van der Waals surface area contributed by atoms with Gasteiger partial charge in [-0.1, -0.05) is 38.1 Å². The first-order valence-electron chi connectivity index (χ1n) is 8.67. The van der Waals surface area contributed by atoms with E-state index in [9.17, 15) is 4.79 Å². The van der Waals surface area contributed by atoms with Crippen molar-refractivity contribution in [2.24, 2.45) is 0 Å². The van der Waals surface area contributed by atoms with Crippen molar-refractivity contribution < 1.29 is 9.53 Å². The Hall–Kier alpha value is -1.99. The zero-order valence-electron chi connectivity index (χ0n) is 14.6. The zero-order chi connectivity index (χ0) is 17.8. The number of rotatable bonds is 6. The number of aromatic amines is 1. The summed E-state index contributed by atoms with van der Waals surface area (Å²) in [5.41, 5.74) is 2.40. The summed E-state index contributed by atoms with van der Waals surface area (Å²) in [6, 6.07) is 8.18. The van der Waals surface area contributed by atoms with E-state index in [1.54, 1.807) is 0 Å². The smallest absolute Gasteiger partial charge is 0.223 e. The molecule has 0 saturated carbocycles. The minimum absolute atomic E-state index is 0.0113. The van der Waals surface area contributed by atoms with Crippen LogP contribution in [0.15, 0.2) is 24.3 Å². The van der Waals surface area contributed by atoms with Gasteiger partial charge in [-0.15, -0.1) is 0 Å². The molecule has 0 radical (unpaired) electrons. The number of amides is 1. The number of nitrogens with zero attached hydrogens (tertiary/aromatic N) is 2. The van der Waals surface area contributed by atoms with Crippen LogP contribution in [0.2, 0.25) is 0 Å².